The fourth-order valence-electron chi connectivity index (χ4n) is 2.04. The molecule has 3 nitrogen and oxygen atoms in total. The van der Waals surface area contributed by atoms with Crippen LogP contribution in [0.5, 0.6) is 5.75 Å². The van der Waals surface area contributed by atoms with Crippen LogP contribution in [-0.2, 0) is 4.74 Å². The molecule has 0 amide bonds. The lowest BCUT2D eigenvalue weighted by atomic mass is 10.0. The van der Waals surface area contributed by atoms with Gasteiger partial charge in [0.25, 0.3) is 0 Å². The number of ether oxygens (including phenoxy) is 2. The molecule has 0 aromatic heterocycles. The molecule has 2 atom stereocenters. The summed E-state index contributed by atoms with van der Waals surface area (Å²) in [4.78, 5) is 12.3. The van der Waals surface area contributed by atoms with Crippen molar-refractivity contribution in [1.82, 2.24) is 0 Å². The van der Waals surface area contributed by atoms with Gasteiger partial charge >= 0.3 is 0 Å². The molecule has 1 aromatic carbocycles. The lowest BCUT2D eigenvalue weighted by Crippen LogP contribution is -2.21. The van der Waals surface area contributed by atoms with E-state index in [-0.39, 0.29) is 11.9 Å². The summed E-state index contributed by atoms with van der Waals surface area (Å²) in [5.74, 6) is 0.341. The largest absolute Gasteiger partial charge is 0.495 e. The molecule has 0 radical (unpaired) electrons. The number of carbonyl (C=O) groups is 1. The van der Waals surface area contributed by atoms with E-state index in [0.29, 0.717) is 21.4 Å². The highest BCUT2D eigenvalue weighted by Crippen LogP contribution is 2.33. The molecule has 1 saturated heterocycles. The molecule has 0 saturated carbocycles. The van der Waals surface area contributed by atoms with Gasteiger partial charge in [0.05, 0.1) is 23.3 Å². The van der Waals surface area contributed by atoms with Crippen molar-refractivity contribution in [2.24, 2.45) is 0 Å². The minimum atomic E-state index is -0.415. The van der Waals surface area contributed by atoms with Gasteiger partial charge in [0, 0.05) is 11.6 Å². The molecule has 0 spiro atoms. The van der Waals surface area contributed by atoms with E-state index in [4.69, 9.17) is 32.7 Å². The Labute approximate surface area is 116 Å². The van der Waals surface area contributed by atoms with Crippen LogP contribution in [0, 0.1) is 0 Å². The van der Waals surface area contributed by atoms with Crippen LogP contribution in [0.25, 0.3) is 0 Å². The highest BCUT2D eigenvalue weighted by atomic mass is 35.5. The zero-order valence-electron chi connectivity index (χ0n) is 10.2. The molecule has 18 heavy (non-hydrogen) atoms. The monoisotopic (exact) mass is 288 g/mol. The molecule has 5 heteroatoms. The van der Waals surface area contributed by atoms with Crippen molar-refractivity contribution < 1.29 is 14.3 Å². The number of benzene rings is 1. The van der Waals surface area contributed by atoms with Gasteiger partial charge in [-0.3, -0.25) is 4.79 Å². The second-order valence-corrected chi connectivity index (χ2v) is 5.16. The van der Waals surface area contributed by atoms with Crippen LogP contribution < -0.4 is 4.74 Å². The zero-order valence-corrected chi connectivity index (χ0v) is 11.7. The van der Waals surface area contributed by atoms with E-state index >= 15 is 0 Å². The summed E-state index contributed by atoms with van der Waals surface area (Å²) in [6.07, 6.45) is 1.31. The number of halogens is 2. The number of carbonyl (C=O) groups excluding carboxylic acids is 1. The van der Waals surface area contributed by atoms with Gasteiger partial charge in [-0.1, -0.05) is 23.2 Å². The summed E-state index contributed by atoms with van der Waals surface area (Å²) >= 11 is 12.1. The van der Waals surface area contributed by atoms with E-state index in [9.17, 15) is 4.79 Å². The van der Waals surface area contributed by atoms with Crippen molar-refractivity contribution in [1.29, 1.82) is 0 Å². The van der Waals surface area contributed by atoms with Gasteiger partial charge in [-0.15, -0.1) is 0 Å². The molecule has 2 rings (SSSR count). The fraction of sp³-hybridized carbons (Fsp3) is 0.462. The average molecular weight is 289 g/mol. The van der Waals surface area contributed by atoms with Crippen LogP contribution in [0.4, 0.5) is 0 Å². The number of rotatable bonds is 3. The van der Waals surface area contributed by atoms with E-state index in [2.05, 4.69) is 0 Å². The SMILES string of the molecule is COc1cc(Cl)c(C(=O)C2CCC(C)O2)cc1Cl. The summed E-state index contributed by atoms with van der Waals surface area (Å²) in [6, 6.07) is 3.09. The second kappa shape index (κ2) is 5.47. The molecule has 0 N–H and O–H groups in total. The highest BCUT2D eigenvalue weighted by molar-refractivity contribution is 6.37. The molecule has 0 aliphatic carbocycles. The van der Waals surface area contributed by atoms with Crippen LogP contribution in [0.2, 0.25) is 10.0 Å². The third-order valence-corrected chi connectivity index (χ3v) is 3.64. The summed E-state index contributed by atoms with van der Waals surface area (Å²) < 4.78 is 10.6. The maximum atomic E-state index is 12.3. The van der Waals surface area contributed by atoms with Crippen molar-refractivity contribution in [3.05, 3.63) is 27.7 Å². The van der Waals surface area contributed by atoms with E-state index in [1.54, 1.807) is 6.07 Å². The topological polar surface area (TPSA) is 35.5 Å². The van der Waals surface area contributed by atoms with Gasteiger partial charge < -0.3 is 9.47 Å². The van der Waals surface area contributed by atoms with E-state index < -0.39 is 6.10 Å². The standard InChI is InChI=1S/C13H14Cl2O3/c1-7-3-4-11(18-7)13(16)8-5-10(15)12(17-2)6-9(8)14/h5-7,11H,3-4H2,1-2H3. The summed E-state index contributed by atoms with van der Waals surface area (Å²) in [7, 11) is 1.50. The normalized spacial score (nSPS) is 23.1. The molecule has 2 unspecified atom stereocenters. The first kappa shape index (κ1) is 13.7. The van der Waals surface area contributed by atoms with Crippen molar-refractivity contribution in [2.75, 3.05) is 7.11 Å². The van der Waals surface area contributed by atoms with Crippen LogP contribution >= 0.6 is 23.2 Å². The average Bonchev–Trinajstić information content (AvgIpc) is 2.77. The number of ketones is 1. The first-order valence-corrected chi connectivity index (χ1v) is 6.51. The summed E-state index contributed by atoms with van der Waals surface area (Å²) in [5.41, 5.74) is 0.390. The van der Waals surface area contributed by atoms with Crippen molar-refractivity contribution in [3.63, 3.8) is 0 Å². The van der Waals surface area contributed by atoms with Gasteiger partial charge in [-0.25, -0.2) is 0 Å². The van der Waals surface area contributed by atoms with Crippen molar-refractivity contribution in [3.8, 4) is 5.75 Å². The molecule has 1 aliphatic rings. The van der Waals surface area contributed by atoms with Gasteiger partial charge in [-0.05, 0) is 25.8 Å². The van der Waals surface area contributed by atoms with Crippen LogP contribution in [-0.4, -0.2) is 25.1 Å². The van der Waals surface area contributed by atoms with Gasteiger partial charge in [0.2, 0.25) is 0 Å². The van der Waals surface area contributed by atoms with E-state index in [0.717, 1.165) is 12.8 Å². The van der Waals surface area contributed by atoms with Crippen molar-refractivity contribution in [2.45, 2.75) is 32.0 Å². The predicted molar refractivity (Wildman–Crippen MR) is 70.9 cm³/mol. The van der Waals surface area contributed by atoms with Gasteiger partial charge in [0.1, 0.15) is 11.9 Å². The third kappa shape index (κ3) is 2.63. The predicted octanol–water partition coefficient (Wildman–Crippen LogP) is 3.75. The molecule has 0 bridgehead atoms. The first-order chi connectivity index (χ1) is 8.52. The molecular formula is C13H14Cl2O3. The Morgan fingerprint density at radius 2 is 2.06 bits per heavy atom. The molecule has 98 valence electrons. The molecule has 1 fully saturated rings. The zero-order chi connectivity index (χ0) is 13.3. The molecule has 1 aliphatic heterocycles. The number of Topliss-reactive ketones (excluding diaryl/α,β-unsaturated/α-hetero) is 1. The Hall–Kier alpha value is -0.770. The Morgan fingerprint density at radius 3 is 2.61 bits per heavy atom. The Balaban J connectivity index is 2.28. The molecule has 1 aromatic rings. The second-order valence-electron chi connectivity index (χ2n) is 4.34. The molecule has 1 heterocycles. The lowest BCUT2D eigenvalue weighted by molar-refractivity contribution is 0.0433. The number of hydrogen-bond donors (Lipinski definition) is 0. The van der Waals surface area contributed by atoms with Gasteiger partial charge in [-0.2, -0.15) is 0 Å². The number of methoxy groups -OCH3 is 1. The van der Waals surface area contributed by atoms with Gasteiger partial charge in [0.15, 0.2) is 5.78 Å². The maximum Gasteiger partial charge on any atom is 0.193 e. The number of hydrogen-bond acceptors (Lipinski definition) is 3. The minimum absolute atomic E-state index is 0.117. The van der Waals surface area contributed by atoms with E-state index in [1.807, 2.05) is 6.92 Å². The molecular weight excluding hydrogens is 275 g/mol. The van der Waals surface area contributed by atoms with Crippen LogP contribution in [0.15, 0.2) is 12.1 Å². The Morgan fingerprint density at radius 1 is 1.33 bits per heavy atom. The van der Waals surface area contributed by atoms with E-state index in [1.165, 1.54) is 13.2 Å². The third-order valence-electron chi connectivity index (χ3n) is 3.03. The highest BCUT2D eigenvalue weighted by Gasteiger charge is 2.30. The quantitative estimate of drug-likeness (QED) is 0.795. The van der Waals surface area contributed by atoms with Crippen molar-refractivity contribution >= 4 is 29.0 Å². The smallest absolute Gasteiger partial charge is 0.193 e. The Kier molecular flexibility index (Phi) is 4.15. The van der Waals surface area contributed by atoms with Crippen LogP contribution in [0.3, 0.4) is 0 Å². The first-order valence-electron chi connectivity index (χ1n) is 5.75. The Bertz CT molecular complexity index is 474. The fourth-order valence-corrected chi connectivity index (χ4v) is 2.53. The summed E-state index contributed by atoms with van der Waals surface area (Å²) in [6.45, 7) is 1.95. The maximum absolute atomic E-state index is 12.3. The van der Waals surface area contributed by atoms with Crippen LogP contribution in [0.1, 0.15) is 30.1 Å². The minimum Gasteiger partial charge on any atom is -0.495 e. The summed E-state index contributed by atoms with van der Waals surface area (Å²) in [5, 5.41) is 0.709. The lowest BCUT2D eigenvalue weighted by Gasteiger charge is -2.12.